The average molecular weight is 264 g/mol. The number of benzene rings is 1. The first-order valence-electron chi connectivity index (χ1n) is 4.99. The van der Waals surface area contributed by atoms with Gasteiger partial charge in [0.25, 0.3) is 0 Å². The molecule has 0 bridgehead atoms. The lowest BCUT2D eigenvalue weighted by atomic mass is 9.96. The van der Waals surface area contributed by atoms with Gasteiger partial charge in [0.15, 0.2) is 0 Å². The van der Waals surface area contributed by atoms with Gasteiger partial charge in [0.2, 0.25) is 0 Å². The molecule has 1 rings (SSSR count). The Morgan fingerprint density at radius 2 is 2.06 bits per heavy atom. The van der Waals surface area contributed by atoms with Crippen LogP contribution in [0.5, 0.6) is 0 Å². The van der Waals surface area contributed by atoms with E-state index in [4.69, 9.17) is 17.3 Å². The molecule has 0 aromatic heterocycles. The molecule has 0 heterocycles. The Balaban J connectivity index is 3.25. The van der Waals surface area contributed by atoms with Crippen molar-refractivity contribution >= 4 is 11.6 Å². The molecule has 0 saturated carbocycles. The highest BCUT2D eigenvalue weighted by Crippen LogP contribution is 2.38. The van der Waals surface area contributed by atoms with Crippen LogP contribution in [0.15, 0.2) is 30.4 Å². The molecule has 0 spiro atoms. The molecule has 1 nitrogen and oxygen atoms in total. The maximum absolute atomic E-state index is 12.8. The largest absolute Gasteiger partial charge is 0.416 e. The normalized spacial score (nSPS) is 13.5. The van der Waals surface area contributed by atoms with Crippen molar-refractivity contribution in [3.8, 4) is 0 Å². The van der Waals surface area contributed by atoms with Crippen molar-refractivity contribution in [3.63, 3.8) is 0 Å². The predicted molar refractivity (Wildman–Crippen MR) is 62.8 cm³/mol. The van der Waals surface area contributed by atoms with Crippen molar-refractivity contribution in [2.75, 3.05) is 0 Å². The molecular weight excluding hydrogens is 251 g/mol. The van der Waals surface area contributed by atoms with E-state index < -0.39 is 17.8 Å². The summed E-state index contributed by atoms with van der Waals surface area (Å²) in [7, 11) is 0. The molecule has 0 aliphatic rings. The van der Waals surface area contributed by atoms with Crippen LogP contribution in [0.3, 0.4) is 0 Å². The van der Waals surface area contributed by atoms with Gasteiger partial charge in [-0.3, -0.25) is 0 Å². The first kappa shape index (κ1) is 14.1. The van der Waals surface area contributed by atoms with E-state index in [1.807, 2.05) is 0 Å². The van der Waals surface area contributed by atoms with E-state index in [1.54, 1.807) is 6.92 Å². The highest BCUT2D eigenvalue weighted by atomic mass is 35.5. The van der Waals surface area contributed by atoms with Crippen LogP contribution in [0.4, 0.5) is 13.2 Å². The summed E-state index contributed by atoms with van der Waals surface area (Å²) in [6.07, 6.45) is -4.18. The van der Waals surface area contributed by atoms with Gasteiger partial charge >= 0.3 is 6.18 Å². The summed E-state index contributed by atoms with van der Waals surface area (Å²) in [5.74, 6) is 0. The second-order valence-corrected chi connectivity index (χ2v) is 4.37. The minimum atomic E-state index is -4.45. The quantitative estimate of drug-likeness (QED) is 0.808. The topological polar surface area (TPSA) is 26.0 Å². The third-order valence-corrected chi connectivity index (χ3v) is 2.63. The molecule has 1 aromatic carbocycles. The van der Waals surface area contributed by atoms with Crippen LogP contribution in [0.25, 0.3) is 0 Å². The molecule has 17 heavy (non-hydrogen) atoms. The molecule has 0 saturated heterocycles. The van der Waals surface area contributed by atoms with E-state index in [2.05, 4.69) is 6.58 Å². The Bertz CT molecular complexity index is 426. The molecule has 1 atom stereocenters. The lowest BCUT2D eigenvalue weighted by molar-refractivity contribution is -0.138. The zero-order valence-corrected chi connectivity index (χ0v) is 10.1. The minimum absolute atomic E-state index is 0.0357. The summed E-state index contributed by atoms with van der Waals surface area (Å²) < 4.78 is 38.4. The lowest BCUT2D eigenvalue weighted by Crippen LogP contribution is -2.18. The molecule has 1 aromatic rings. The van der Waals surface area contributed by atoms with Gasteiger partial charge in [-0.2, -0.15) is 13.2 Å². The van der Waals surface area contributed by atoms with Gasteiger partial charge in [-0.15, -0.1) is 6.58 Å². The first-order chi connectivity index (χ1) is 7.73. The van der Waals surface area contributed by atoms with E-state index in [1.165, 1.54) is 12.1 Å². The Hall–Kier alpha value is -1.00. The Labute approximate surface area is 103 Å². The van der Waals surface area contributed by atoms with Gasteiger partial charge in [0.05, 0.1) is 5.56 Å². The SMILES string of the molecule is C=C(C)C[C@@H](N)c1c(Cl)cccc1C(F)(F)F. The zero-order chi connectivity index (χ0) is 13.2. The second kappa shape index (κ2) is 5.10. The van der Waals surface area contributed by atoms with E-state index in [9.17, 15) is 13.2 Å². The van der Waals surface area contributed by atoms with Gasteiger partial charge in [0.1, 0.15) is 0 Å². The third-order valence-electron chi connectivity index (χ3n) is 2.30. The number of rotatable bonds is 3. The fraction of sp³-hybridized carbons (Fsp3) is 0.333. The fourth-order valence-electron chi connectivity index (χ4n) is 1.64. The van der Waals surface area contributed by atoms with Gasteiger partial charge < -0.3 is 5.73 Å². The number of halogens is 4. The van der Waals surface area contributed by atoms with E-state index >= 15 is 0 Å². The highest BCUT2D eigenvalue weighted by Gasteiger charge is 2.35. The summed E-state index contributed by atoms with van der Waals surface area (Å²) in [5, 5.41) is 0.0357. The molecule has 2 N–H and O–H groups in total. The molecule has 0 aliphatic carbocycles. The van der Waals surface area contributed by atoms with Crippen molar-refractivity contribution in [1.82, 2.24) is 0 Å². The van der Waals surface area contributed by atoms with Crippen LogP contribution in [0.2, 0.25) is 5.02 Å². The van der Waals surface area contributed by atoms with Gasteiger partial charge in [0, 0.05) is 11.1 Å². The van der Waals surface area contributed by atoms with Crippen molar-refractivity contribution in [2.45, 2.75) is 25.6 Å². The Morgan fingerprint density at radius 3 is 2.53 bits per heavy atom. The fourth-order valence-corrected chi connectivity index (χ4v) is 1.95. The average Bonchev–Trinajstić information content (AvgIpc) is 2.14. The summed E-state index contributed by atoms with van der Waals surface area (Å²) in [6.45, 7) is 5.35. The Morgan fingerprint density at radius 1 is 1.47 bits per heavy atom. The summed E-state index contributed by atoms with van der Waals surface area (Å²) in [4.78, 5) is 0. The molecular formula is C12H13ClF3N. The number of alkyl halides is 3. The van der Waals surface area contributed by atoms with E-state index in [-0.39, 0.29) is 17.0 Å². The van der Waals surface area contributed by atoms with E-state index in [0.29, 0.717) is 5.57 Å². The van der Waals surface area contributed by atoms with Crippen LogP contribution < -0.4 is 5.73 Å². The summed E-state index contributed by atoms with van der Waals surface area (Å²) >= 11 is 5.80. The maximum atomic E-state index is 12.8. The minimum Gasteiger partial charge on any atom is -0.324 e. The smallest absolute Gasteiger partial charge is 0.324 e. The molecule has 0 radical (unpaired) electrons. The molecule has 0 fully saturated rings. The number of nitrogens with two attached hydrogens (primary N) is 1. The maximum Gasteiger partial charge on any atom is 0.416 e. The van der Waals surface area contributed by atoms with Crippen LogP contribution in [0.1, 0.15) is 30.5 Å². The molecule has 5 heteroatoms. The zero-order valence-electron chi connectivity index (χ0n) is 9.31. The van der Waals surface area contributed by atoms with Crippen molar-refractivity contribution in [2.24, 2.45) is 5.73 Å². The van der Waals surface area contributed by atoms with Crippen molar-refractivity contribution in [3.05, 3.63) is 46.5 Å². The standard InChI is InChI=1S/C12H13ClF3N/c1-7(2)6-10(17)11-8(12(14,15)16)4-3-5-9(11)13/h3-5,10H,1,6,17H2,2H3/t10-/m1/s1. The van der Waals surface area contributed by atoms with Crippen LogP contribution in [-0.4, -0.2) is 0 Å². The van der Waals surface area contributed by atoms with Crippen molar-refractivity contribution < 1.29 is 13.2 Å². The monoisotopic (exact) mass is 263 g/mol. The van der Waals surface area contributed by atoms with Crippen LogP contribution in [-0.2, 0) is 6.18 Å². The predicted octanol–water partition coefficient (Wildman–Crippen LogP) is 4.32. The van der Waals surface area contributed by atoms with Crippen molar-refractivity contribution in [1.29, 1.82) is 0 Å². The molecule has 0 unspecified atom stereocenters. The second-order valence-electron chi connectivity index (χ2n) is 3.97. The van der Waals surface area contributed by atoms with Gasteiger partial charge in [-0.25, -0.2) is 0 Å². The summed E-state index contributed by atoms with van der Waals surface area (Å²) in [6, 6.07) is 2.87. The number of hydrogen-bond donors (Lipinski definition) is 1. The summed E-state index contributed by atoms with van der Waals surface area (Å²) in [5.41, 5.74) is 5.62. The molecule has 94 valence electrons. The molecule has 0 amide bonds. The highest BCUT2D eigenvalue weighted by molar-refractivity contribution is 6.31. The molecule has 0 aliphatic heterocycles. The van der Waals surface area contributed by atoms with Crippen LogP contribution in [0, 0.1) is 0 Å². The lowest BCUT2D eigenvalue weighted by Gasteiger charge is -2.19. The third kappa shape index (κ3) is 3.48. The Kier molecular flexibility index (Phi) is 4.22. The van der Waals surface area contributed by atoms with Crippen LogP contribution >= 0.6 is 11.6 Å². The van der Waals surface area contributed by atoms with E-state index in [0.717, 1.165) is 6.07 Å². The first-order valence-corrected chi connectivity index (χ1v) is 5.37. The van der Waals surface area contributed by atoms with Gasteiger partial charge in [-0.05, 0) is 31.0 Å². The van der Waals surface area contributed by atoms with Gasteiger partial charge in [-0.1, -0.05) is 23.2 Å². The number of hydrogen-bond acceptors (Lipinski definition) is 1.